The van der Waals surface area contributed by atoms with Gasteiger partial charge >= 0.3 is 0 Å². The zero-order valence-electron chi connectivity index (χ0n) is 11.7. The van der Waals surface area contributed by atoms with Gasteiger partial charge in [0.2, 0.25) is 5.91 Å². The van der Waals surface area contributed by atoms with Crippen molar-refractivity contribution in [3.8, 4) is 5.75 Å². The van der Waals surface area contributed by atoms with Crippen molar-refractivity contribution in [2.75, 3.05) is 6.61 Å². The summed E-state index contributed by atoms with van der Waals surface area (Å²) < 4.78 is 5.37. The minimum Gasteiger partial charge on any atom is -0.494 e. The molecule has 1 amide bonds. The quantitative estimate of drug-likeness (QED) is 0.848. The van der Waals surface area contributed by atoms with Crippen molar-refractivity contribution in [1.29, 1.82) is 0 Å². The molecule has 0 saturated heterocycles. The number of aromatic nitrogens is 2. The number of ether oxygens (including phenoxy) is 1. The maximum atomic E-state index is 11.9. The summed E-state index contributed by atoms with van der Waals surface area (Å²) in [6.45, 7) is 4.48. The number of hydrogen-bond acceptors (Lipinski definition) is 3. The van der Waals surface area contributed by atoms with E-state index in [-0.39, 0.29) is 11.9 Å². The van der Waals surface area contributed by atoms with Crippen LogP contribution in [0, 0.1) is 0 Å². The molecular formula is C15H19N3O2. The third kappa shape index (κ3) is 3.85. The van der Waals surface area contributed by atoms with Crippen LogP contribution in [0.5, 0.6) is 5.75 Å². The lowest BCUT2D eigenvalue weighted by atomic mass is 10.1. The molecule has 106 valence electrons. The molecule has 20 heavy (non-hydrogen) atoms. The van der Waals surface area contributed by atoms with Crippen LogP contribution in [0.15, 0.2) is 36.7 Å². The predicted octanol–water partition coefficient (Wildman–Crippen LogP) is 2.23. The molecule has 0 aliphatic heterocycles. The highest BCUT2D eigenvalue weighted by atomic mass is 16.5. The Morgan fingerprint density at radius 2 is 2.15 bits per heavy atom. The number of carbonyl (C=O) groups is 1. The zero-order valence-corrected chi connectivity index (χ0v) is 11.7. The fraction of sp³-hybridized carbons (Fsp3) is 0.333. The van der Waals surface area contributed by atoms with E-state index in [0.717, 1.165) is 17.1 Å². The lowest BCUT2D eigenvalue weighted by Gasteiger charge is -2.11. The van der Waals surface area contributed by atoms with Gasteiger partial charge in [-0.25, -0.2) is 4.98 Å². The van der Waals surface area contributed by atoms with E-state index in [2.05, 4.69) is 15.3 Å². The molecule has 0 saturated carbocycles. The van der Waals surface area contributed by atoms with Crippen molar-refractivity contribution in [1.82, 2.24) is 15.3 Å². The number of amides is 1. The van der Waals surface area contributed by atoms with Gasteiger partial charge in [0.25, 0.3) is 0 Å². The molecule has 1 atom stereocenters. The van der Waals surface area contributed by atoms with Gasteiger partial charge in [0.15, 0.2) is 0 Å². The Balaban J connectivity index is 1.87. The molecule has 0 fully saturated rings. The first kappa shape index (κ1) is 14.1. The fourth-order valence-electron chi connectivity index (χ4n) is 1.93. The number of H-pyrrole nitrogens is 1. The Labute approximate surface area is 118 Å². The average molecular weight is 273 g/mol. The van der Waals surface area contributed by atoms with Crippen LogP contribution in [0.25, 0.3) is 0 Å². The summed E-state index contributed by atoms with van der Waals surface area (Å²) in [5.41, 5.74) is 0.956. The standard InChI is InChI=1S/C15H19N3O2/c1-3-20-13-6-4-12(5-7-13)10-14(19)18-11(2)15-16-8-9-17-15/h4-9,11H,3,10H2,1-2H3,(H,16,17)(H,18,19). The minimum absolute atomic E-state index is 0.0296. The summed E-state index contributed by atoms with van der Waals surface area (Å²) in [5, 5.41) is 2.91. The highest BCUT2D eigenvalue weighted by molar-refractivity contribution is 5.78. The Morgan fingerprint density at radius 1 is 1.40 bits per heavy atom. The van der Waals surface area contributed by atoms with Gasteiger partial charge in [-0.2, -0.15) is 0 Å². The zero-order chi connectivity index (χ0) is 14.4. The van der Waals surface area contributed by atoms with E-state index in [9.17, 15) is 4.79 Å². The lowest BCUT2D eigenvalue weighted by molar-refractivity contribution is -0.121. The number of nitrogens with one attached hydrogen (secondary N) is 2. The van der Waals surface area contributed by atoms with E-state index >= 15 is 0 Å². The molecule has 0 spiro atoms. The number of nitrogens with zero attached hydrogens (tertiary/aromatic N) is 1. The highest BCUT2D eigenvalue weighted by Gasteiger charge is 2.11. The molecule has 0 radical (unpaired) electrons. The van der Waals surface area contributed by atoms with Crippen LogP contribution >= 0.6 is 0 Å². The molecule has 2 aromatic rings. The monoisotopic (exact) mass is 273 g/mol. The Kier molecular flexibility index (Phi) is 4.76. The number of benzene rings is 1. The van der Waals surface area contributed by atoms with Crippen molar-refractivity contribution in [2.45, 2.75) is 26.3 Å². The molecule has 1 heterocycles. The molecule has 0 bridgehead atoms. The van der Waals surface area contributed by atoms with E-state index in [0.29, 0.717) is 13.0 Å². The largest absolute Gasteiger partial charge is 0.494 e. The van der Waals surface area contributed by atoms with Crippen LogP contribution in [-0.4, -0.2) is 22.5 Å². The summed E-state index contributed by atoms with van der Waals surface area (Å²) in [6.07, 6.45) is 3.76. The molecule has 5 nitrogen and oxygen atoms in total. The summed E-state index contributed by atoms with van der Waals surface area (Å²) in [7, 11) is 0. The maximum Gasteiger partial charge on any atom is 0.224 e. The molecule has 2 N–H and O–H groups in total. The molecule has 2 rings (SSSR count). The third-order valence-corrected chi connectivity index (χ3v) is 2.91. The summed E-state index contributed by atoms with van der Waals surface area (Å²) in [4.78, 5) is 19.1. The van der Waals surface area contributed by atoms with Gasteiger partial charge in [-0.05, 0) is 31.5 Å². The Morgan fingerprint density at radius 3 is 2.75 bits per heavy atom. The van der Waals surface area contributed by atoms with E-state index < -0.39 is 0 Å². The van der Waals surface area contributed by atoms with Crippen LogP contribution in [0.3, 0.4) is 0 Å². The topological polar surface area (TPSA) is 67.0 Å². The Hall–Kier alpha value is -2.30. The number of imidazole rings is 1. The number of carbonyl (C=O) groups excluding carboxylic acids is 1. The average Bonchev–Trinajstić information content (AvgIpc) is 2.95. The SMILES string of the molecule is CCOc1ccc(CC(=O)NC(C)c2ncc[nH]2)cc1. The van der Waals surface area contributed by atoms with Crippen molar-refractivity contribution < 1.29 is 9.53 Å². The first-order valence-electron chi connectivity index (χ1n) is 6.69. The molecular weight excluding hydrogens is 254 g/mol. The van der Waals surface area contributed by atoms with E-state index in [1.54, 1.807) is 12.4 Å². The summed E-state index contributed by atoms with van der Waals surface area (Å²) in [5.74, 6) is 1.55. The van der Waals surface area contributed by atoms with Crippen LogP contribution in [0.4, 0.5) is 0 Å². The van der Waals surface area contributed by atoms with Crippen LogP contribution in [-0.2, 0) is 11.2 Å². The van der Waals surface area contributed by atoms with Crippen LogP contribution < -0.4 is 10.1 Å². The van der Waals surface area contributed by atoms with E-state index in [1.807, 2.05) is 38.1 Å². The minimum atomic E-state index is -0.125. The van der Waals surface area contributed by atoms with Gasteiger partial charge in [0, 0.05) is 12.4 Å². The second kappa shape index (κ2) is 6.75. The second-order valence-electron chi connectivity index (χ2n) is 4.52. The van der Waals surface area contributed by atoms with Gasteiger partial charge in [0.1, 0.15) is 11.6 Å². The van der Waals surface area contributed by atoms with Gasteiger partial charge < -0.3 is 15.0 Å². The van der Waals surface area contributed by atoms with Gasteiger partial charge in [-0.1, -0.05) is 12.1 Å². The summed E-state index contributed by atoms with van der Waals surface area (Å²) >= 11 is 0. The van der Waals surface area contributed by atoms with Gasteiger partial charge in [-0.3, -0.25) is 4.79 Å². The van der Waals surface area contributed by atoms with E-state index in [1.165, 1.54) is 0 Å². The van der Waals surface area contributed by atoms with Crippen molar-refractivity contribution in [3.05, 3.63) is 48.0 Å². The van der Waals surface area contributed by atoms with Crippen molar-refractivity contribution in [2.24, 2.45) is 0 Å². The fourth-order valence-corrected chi connectivity index (χ4v) is 1.93. The highest BCUT2D eigenvalue weighted by Crippen LogP contribution is 2.13. The Bertz CT molecular complexity index is 535. The third-order valence-electron chi connectivity index (χ3n) is 2.91. The molecule has 5 heteroatoms. The molecule has 0 aliphatic rings. The second-order valence-corrected chi connectivity index (χ2v) is 4.52. The normalized spacial score (nSPS) is 11.9. The lowest BCUT2D eigenvalue weighted by Crippen LogP contribution is -2.28. The van der Waals surface area contributed by atoms with Crippen LogP contribution in [0.1, 0.15) is 31.3 Å². The van der Waals surface area contributed by atoms with E-state index in [4.69, 9.17) is 4.74 Å². The molecule has 1 unspecified atom stereocenters. The molecule has 0 aliphatic carbocycles. The summed E-state index contributed by atoms with van der Waals surface area (Å²) in [6, 6.07) is 7.44. The number of rotatable bonds is 6. The number of aromatic amines is 1. The molecule has 1 aromatic heterocycles. The first-order valence-corrected chi connectivity index (χ1v) is 6.69. The van der Waals surface area contributed by atoms with Gasteiger partial charge in [-0.15, -0.1) is 0 Å². The number of hydrogen-bond donors (Lipinski definition) is 2. The predicted molar refractivity (Wildman–Crippen MR) is 76.5 cm³/mol. The molecule has 1 aromatic carbocycles. The first-order chi connectivity index (χ1) is 9.69. The van der Waals surface area contributed by atoms with Crippen molar-refractivity contribution in [3.63, 3.8) is 0 Å². The van der Waals surface area contributed by atoms with Gasteiger partial charge in [0.05, 0.1) is 19.1 Å². The maximum absolute atomic E-state index is 11.9. The smallest absolute Gasteiger partial charge is 0.224 e. The van der Waals surface area contributed by atoms with Crippen molar-refractivity contribution >= 4 is 5.91 Å². The van der Waals surface area contributed by atoms with Crippen LogP contribution in [0.2, 0.25) is 0 Å².